The van der Waals surface area contributed by atoms with Crippen molar-refractivity contribution in [3.05, 3.63) is 0 Å². The molecular weight excluding hydrogens is 200 g/mol. The molecule has 6 nitrogen and oxygen atoms in total. The first-order valence-corrected chi connectivity index (χ1v) is 4.61. The minimum atomic E-state index is -0.813. The first kappa shape index (κ1) is 11.5. The van der Waals surface area contributed by atoms with Gasteiger partial charge in [0.15, 0.2) is 0 Å². The van der Waals surface area contributed by atoms with Crippen LogP contribution >= 0.6 is 0 Å². The number of hydrogen-bond acceptors (Lipinski definition) is 4. The van der Waals surface area contributed by atoms with Gasteiger partial charge in [-0.25, -0.2) is 4.79 Å². The molecule has 1 rings (SSSR count). The van der Waals surface area contributed by atoms with Gasteiger partial charge in [0.2, 0.25) is 0 Å². The standard InChI is InChI=1S/C9H14N2O4/c1-9(2,3)15-6(12)4-5-7(13)11-8(14)10-5/h5H,4H2,1-3H3,(H2,10,11,13,14). The van der Waals surface area contributed by atoms with E-state index >= 15 is 0 Å². The quantitative estimate of drug-likeness (QED) is 0.497. The Morgan fingerprint density at radius 1 is 1.40 bits per heavy atom. The summed E-state index contributed by atoms with van der Waals surface area (Å²) in [6, 6.07) is -1.39. The summed E-state index contributed by atoms with van der Waals surface area (Å²) in [5.41, 5.74) is -0.587. The van der Waals surface area contributed by atoms with E-state index in [1.54, 1.807) is 20.8 Å². The number of ether oxygens (including phenoxy) is 1. The number of imide groups is 1. The van der Waals surface area contributed by atoms with Crippen molar-refractivity contribution in [2.75, 3.05) is 0 Å². The maximum absolute atomic E-state index is 11.3. The molecule has 15 heavy (non-hydrogen) atoms. The summed E-state index contributed by atoms with van der Waals surface area (Å²) in [5, 5.41) is 4.36. The predicted molar refractivity (Wildman–Crippen MR) is 50.9 cm³/mol. The number of rotatable bonds is 2. The molecule has 1 atom stereocenters. The van der Waals surface area contributed by atoms with E-state index in [1.165, 1.54) is 0 Å². The number of nitrogens with one attached hydrogen (secondary N) is 2. The highest BCUT2D eigenvalue weighted by molar-refractivity contribution is 6.05. The van der Waals surface area contributed by atoms with Gasteiger partial charge in [-0.05, 0) is 20.8 Å². The molecule has 1 aliphatic rings. The van der Waals surface area contributed by atoms with Gasteiger partial charge in [0.1, 0.15) is 11.6 Å². The van der Waals surface area contributed by atoms with E-state index < -0.39 is 29.6 Å². The maximum atomic E-state index is 11.3. The molecule has 1 fully saturated rings. The van der Waals surface area contributed by atoms with E-state index in [0.29, 0.717) is 0 Å². The fraction of sp³-hybridized carbons (Fsp3) is 0.667. The molecular formula is C9H14N2O4. The van der Waals surface area contributed by atoms with Gasteiger partial charge in [-0.2, -0.15) is 0 Å². The zero-order chi connectivity index (χ0) is 11.6. The molecule has 0 spiro atoms. The molecule has 1 saturated heterocycles. The summed E-state index contributed by atoms with van der Waals surface area (Å²) < 4.78 is 5.01. The van der Waals surface area contributed by atoms with Gasteiger partial charge in [0, 0.05) is 0 Å². The highest BCUT2D eigenvalue weighted by Gasteiger charge is 2.32. The highest BCUT2D eigenvalue weighted by Crippen LogP contribution is 2.10. The summed E-state index contributed by atoms with van der Waals surface area (Å²) in [6.45, 7) is 5.20. The topological polar surface area (TPSA) is 84.5 Å². The molecule has 0 radical (unpaired) electrons. The third kappa shape index (κ3) is 3.57. The summed E-state index contributed by atoms with van der Waals surface area (Å²) in [5.74, 6) is -1.00. The summed E-state index contributed by atoms with van der Waals surface area (Å²) >= 11 is 0. The minimum Gasteiger partial charge on any atom is -0.460 e. The molecule has 6 heteroatoms. The van der Waals surface area contributed by atoms with Crippen molar-refractivity contribution in [3.8, 4) is 0 Å². The van der Waals surface area contributed by atoms with Gasteiger partial charge >= 0.3 is 12.0 Å². The van der Waals surface area contributed by atoms with E-state index in [4.69, 9.17) is 4.74 Å². The molecule has 3 amide bonds. The third-order valence-electron chi connectivity index (χ3n) is 1.65. The monoisotopic (exact) mass is 214 g/mol. The van der Waals surface area contributed by atoms with Crippen LogP contribution in [0.1, 0.15) is 27.2 Å². The van der Waals surface area contributed by atoms with Crippen LogP contribution in [0.15, 0.2) is 0 Å². The van der Waals surface area contributed by atoms with Crippen LogP contribution in [-0.2, 0) is 14.3 Å². The Morgan fingerprint density at radius 3 is 2.40 bits per heavy atom. The van der Waals surface area contributed by atoms with Crippen LogP contribution in [0.5, 0.6) is 0 Å². The third-order valence-corrected chi connectivity index (χ3v) is 1.65. The lowest BCUT2D eigenvalue weighted by molar-refractivity contribution is -0.156. The zero-order valence-electron chi connectivity index (χ0n) is 8.92. The van der Waals surface area contributed by atoms with E-state index in [2.05, 4.69) is 5.32 Å². The SMILES string of the molecule is CC(C)(C)OC(=O)CC1NC(=O)NC1=O. The number of carbonyl (C=O) groups is 3. The molecule has 1 aliphatic heterocycles. The Labute approximate surface area is 87.4 Å². The van der Waals surface area contributed by atoms with Gasteiger partial charge in [-0.1, -0.05) is 0 Å². The number of urea groups is 1. The molecule has 0 saturated carbocycles. The van der Waals surface area contributed by atoms with Crippen molar-refractivity contribution in [1.29, 1.82) is 0 Å². The number of esters is 1. The van der Waals surface area contributed by atoms with Gasteiger partial charge in [0.05, 0.1) is 6.42 Å². The lowest BCUT2D eigenvalue weighted by Crippen LogP contribution is -2.34. The Morgan fingerprint density at radius 2 is 2.00 bits per heavy atom. The normalized spacial score (nSPS) is 20.9. The molecule has 84 valence electrons. The average Bonchev–Trinajstić information content (AvgIpc) is 2.25. The zero-order valence-corrected chi connectivity index (χ0v) is 8.92. The second kappa shape index (κ2) is 3.88. The largest absolute Gasteiger partial charge is 0.460 e. The van der Waals surface area contributed by atoms with Crippen molar-refractivity contribution in [3.63, 3.8) is 0 Å². The van der Waals surface area contributed by atoms with Crippen LogP contribution < -0.4 is 10.6 Å². The van der Waals surface area contributed by atoms with Crippen molar-refractivity contribution in [1.82, 2.24) is 10.6 Å². The van der Waals surface area contributed by atoms with Gasteiger partial charge in [-0.15, -0.1) is 0 Å². The molecule has 1 unspecified atom stereocenters. The van der Waals surface area contributed by atoms with Gasteiger partial charge in [-0.3, -0.25) is 14.9 Å². The molecule has 0 aromatic rings. The Balaban J connectivity index is 2.45. The summed E-state index contributed by atoms with van der Waals surface area (Å²) in [7, 11) is 0. The fourth-order valence-electron chi connectivity index (χ4n) is 1.15. The smallest absolute Gasteiger partial charge is 0.322 e. The second-order valence-electron chi connectivity index (χ2n) is 4.31. The second-order valence-corrected chi connectivity index (χ2v) is 4.31. The van der Waals surface area contributed by atoms with Crippen LogP contribution in [0.2, 0.25) is 0 Å². The van der Waals surface area contributed by atoms with Crippen LogP contribution in [0.25, 0.3) is 0 Å². The lowest BCUT2D eigenvalue weighted by atomic mass is 10.1. The Kier molecular flexibility index (Phi) is 2.97. The Hall–Kier alpha value is -1.59. The fourth-order valence-corrected chi connectivity index (χ4v) is 1.15. The summed E-state index contributed by atoms with van der Waals surface area (Å²) in [6.07, 6.45) is -0.144. The first-order chi connectivity index (χ1) is 6.78. The van der Waals surface area contributed by atoms with Crippen molar-refractivity contribution in [2.24, 2.45) is 0 Å². The molecule has 0 aromatic carbocycles. The molecule has 0 aromatic heterocycles. The van der Waals surface area contributed by atoms with Gasteiger partial charge < -0.3 is 10.1 Å². The Bertz CT molecular complexity index is 306. The average molecular weight is 214 g/mol. The molecule has 0 aliphatic carbocycles. The van der Waals surface area contributed by atoms with Crippen LogP contribution in [0.3, 0.4) is 0 Å². The van der Waals surface area contributed by atoms with Crippen LogP contribution in [0.4, 0.5) is 4.79 Å². The number of carbonyl (C=O) groups excluding carboxylic acids is 3. The number of hydrogen-bond donors (Lipinski definition) is 2. The van der Waals surface area contributed by atoms with Crippen LogP contribution in [-0.4, -0.2) is 29.6 Å². The van der Waals surface area contributed by atoms with Crippen molar-refractivity contribution < 1.29 is 19.1 Å². The van der Waals surface area contributed by atoms with E-state index in [0.717, 1.165) is 0 Å². The van der Waals surface area contributed by atoms with E-state index in [-0.39, 0.29) is 6.42 Å². The molecule has 2 N–H and O–H groups in total. The van der Waals surface area contributed by atoms with Gasteiger partial charge in [0.25, 0.3) is 5.91 Å². The minimum absolute atomic E-state index is 0.144. The highest BCUT2D eigenvalue weighted by atomic mass is 16.6. The van der Waals surface area contributed by atoms with Crippen molar-refractivity contribution in [2.45, 2.75) is 38.8 Å². The lowest BCUT2D eigenvalue weighted by Gasteiger charge is -2.20. The molecule has 1 heterocycles. The van der Waals surface area contributed by atoms with Crippen molar-refractivity contribution >= 4 is 17.9 Å². The maximum Gasteiger partial charge on any atom is 0.322 e. The van der Waals surface area contributed by atoms with E-state index in [9.17, 15) is 14.4 Å². The predicted octanol–water partition coefficient (Wildman–Crippen LogP) is -0.0738. The molecule has 0 bridgehead atoms. The number of amides is 3. The first-order valence-electron chi connectivity index (χ1n) is 4.61. The van der Waals surface area contributed by atoms with Crippen LogP contribution in [0, 0.1) is 0 Å². The summed E-state index contributed by atoms with van der Waals surface area (Å²) in [4.78, 5) is 33.1. The van der Waals surface area contributed by atoms with E-state index in [1.807, 2.05) is 5.32 Å².